The Labute approximate surface area is 178 Å². The van der Waals surface area contributed by atoms with E-state index in [1.807, 2.05) is 26.1 Å². The molecule has 1 fully saturated rings. The van der Waals surface area contributed by atoms with Gasteiger partial charge in [0.2, 0.25) is 0 Å². The van der Waals surface area contributed by atoms with Gasteiger partial charge in [-0.15, -0.1) is 0 Å². The third-order valence-electron chi connectivity index (χ3n) is 5.42. The second-order valence-corrected chi connectivity index (χ2v) is 7.64. The van der Waals surface area contributed by atoms with Crippen molar-refractivity contribution in [3.05, 3.63) is 59.7 Å². The number of aromatic amines is 1. The van der Waals surface area contributed by atoms with Crippen LogP contribution in [0.25, 0.3) is 16.6 Å². The smallest absolute Gasteiger partial charge is 0.140 e. The number of amidine groups is 1. The van der Waals surface area contributed by atoms with Crippen LogP contribution in [0, 0.1) is 6.92 Å². The van der Waals surface area contributed by atoms with Gasteiger partial charge in [0, 0.05) is 30.4 Å². The number of rotatable bonds is 8. The summed E-state index contributed by atoms with van der Waals surface area (Å²) in [5, 5.41) is 2.93. The van der Waals surface area contributed by atoms with Gasteiger partial charge in [0.1, 0.15) is 11.7 Å². The molecule has 0 bridgehead atoms. The van der Waals surface area contributed by atoms with E-state index in [2.05, 4.69) is 26.8 Å². The summed E-state index contributed by atoms with van der Waals surface area (Å²) in [6.45, 7) is 9.93. The SMILES string of the molecule is C=C/C(=C(N)\C=C/NC)c1nc2c(C)cc(C(N)=NCCN3CCCCC3)cc2[nH]1. The Kier molecular flexibility index (Phi) is 7.30. The molecule has 7 heteroatoms. The lowest BCUT2D eigenvalue weighted by atomic mass is 10.1. The minimum atomic E-state index is 0.559. The fraction of sp³-hybridized carbons (Fsp3) is 0.391. The number of likely N-dealkylation sites (tertiary alicyclic amines) is 1. The largest absolute Gasteiger partial charge is 0.398 e. The molecule has 0 atom stereocenters. The summed E-state index contributed by atoms with van der Waals surface area (Å²) >= 11 is 0. The van der Waals surface area contributed by atoms with Crippen molar-refractivity contribution in [3.63, 3.8) is 0 Å². The summed E-state index contributed by atoms with van der Waals surface area (Å²) in [4.78, 5) is 15.2. The van der Waals surface area contributed by atoms with Gasteiger partial charge in [0.15, 0.2) is 0 Å². The molecule has 2 aromatic rings. The van der Waals surface area contributed by atoms with Gasteiger partial charge in [-0.3, -0.25) is 4.99 Å². The van der Waals surface area contributed by atoms with Gasteiger partial charge in [0.25, 0.3) is 0 Å². The molecule has 1 saturated heterocycles. The van der Waals surface area contributed by atoms with Gasteiger partial charge >= 0.3 is 0 Å². The normalized spacial score (nSPS) is 16.8. The van der Waals surface area contributed by atoms with Crippen molar-refractivity contribution in [1.82, 2.24) is 20.2 Å². The van der Waals surface area contributed by atoms with E-state index in [9.17, 15) is 0 Å². The lowest BCUT2D eigenvalue weighted by Crippen LogP contribution is -2.32. The summed E-state index contributed by atoms with van der Waals surface area (Å²) in [5.74, 6) is 1.24. The summed E-state index contributed by atoms with van der Waals surface area (Å²) < 4.78 is 0. The van der Waals surface area contributed by atoms with E-state index in [0.717, 1.165) is 40.8 Å². The molecule has 160 valence electrons. The van der Waals surface area contributed by atoms with Gasteiger partial charge in [-0.2, -0.15) is 0 Å². The number of nitrogens with zero attached hydrogens (tertiary/aromatic N) is 3. The van der Waals surface area contributed by atoms with Crippen LogP contribution in [-0.2, 0) is 0 Å². The Balaban J connectivity index is 1.83. The highest BCUT2D eigenvalue weighted by Gasteiger charge is 2.13. The summed E-state index contributed by atoms with van der Waals surface area (Å²) in [6.07, 6.45) is 9.18. The van der Waals surface area contributed by atoms with Crippen LogP contribution in [-0.4, -0.2) is 53.9 Å². The average Bonchev–Trinajstić information content (AvgIpc) is 3.17. The number of aliphatic imine (C=N–C) groups is 1. The minimum absolute atomic E-state index is 0.559. The van der Waals surface area contributed by atoms with Crippen molar-refractivity contribution in [2.45, 2.75) is 26.2 Å². The Bertz CT molecular complexity index is 975. The van der Waals surface area contributed by atoms with Crippen molar-refractivity contribution >= 4 is 22.4 Å². The minimum Gasteiger partial charge on any atom is -0.398 e. The first-order valence-corrected chi connectivity index (χ1v) is 10.5. The Morgan fingerprint density at radius 3 is 2.77 bits per heavy atom. The molecule has 1 aromatic carbocycles. The number of fused-ring (bicyclic) bond motifs is 1. The zero-order chi connectivity index (χ0) is 21.5. The number of nitrogens with two attached hydrogens (primary N) is 2. The number of hydrogen-bond donors (Lipinski definition) is 4. The van der Waals surface area contributed by atoms with Crippen LogP contribution in [0.5, 0.6) is 0 Å². The average molecular weight is 408 g/mol. The molecule has 0 unspecified atom stereocenters. The molecule has 30 heavy (non-hydrogen) atoms. The van der Waals surface area contributed by atoms with Gasteiger partial charge in [-0.05, 0) is 62.8 Å². The lowest BCUT2D eigenvalue weighted by molar-refractivity contribution is 0.235. The highest BCUT2D eigenvalue weighted by molar-refractivity contribution is 6.01. The molecule has 0 amide bonds. The number of nitrogens with one attached hydrogen (secondary N) is 2. The molecular weight excluding hydrogens is 374 g/mol. The van der Waals surface area contributed by atoms with Crippen LogP contribution in [0.2, 0.25) is 0 Å². The first kappa shape index (κ1) is 21.6. The highest BCUT2D eigenvalue weighted by Crippen LogP contribution is 2.23. The highest BCUT2D eigenvalue weighted by atomic mass is 15.1. The van der Waals surface area contributed by atoms with Crippen molar-refractivity contribution in [1.29, 1.82) is 0 Å². The number of piperidine rings is 1. The fourth-order valence-electron chi connectivity index (χ4n) is 3.77. The van der Waals surface area contributed by atoms with E-state index in [4.69, 9.17) is 16.5 Å². The molecule has 3 rings (SSSR count). The summed E-state index contributed by atoms with van der Waals surface area (Å²) in [7, 11) is 1.82. The second kappa shape index (κ2) is 10.1. The van der Waals surface area contributed by atoms with E-state index in [1.165, 1.54) is 32.4 Å². The van der Waals surface area contributed by atoms with E-state index >= 15 is 0 Å². The van der Waals surface area contributed by atoms with Crippen molar-refractivity contribution < 1.29 is 0 Å². The third-order valence-corrected chi connectivity index (χ3v) is 5.42. The fourth-order valence-corrected chi connectivity index (χ4v) is 3.77. The van der Waals surface area contributed by atoms with E-state index < -0.39 is 0 Å². The Morgan fingerprint density at radius 2 is 2.07 bits per heavy atom. The molecule has 0 aliphatic carbocycles. The number of H-pyrrole nitrogens is 1. The first-order chi connectivity index (χ1) is 14.5. The van der Waals surface area contributed by atoms with Gasteiger partial charge < -0.3 is 26.7 Å². The molecule has 0 saturated carbocycles. The number of allylic oxidation sites excluding steroid dienone is 3. The van der Waals surface area contributed by atoms with Crippen molar-refractivity contribution in [2.24, 2.45) is 16.5 Å². The van der Waals surface area contributed by atoms with E-state index in [1.54, 1.807) is 18.4 Å². The molecule has 0 radical (unpaired) electrons. The second-order valence-electron chi connectivity index (χ2n) is 7.64. The molecule has 1 aliphatic rings. The Hall–Kier alpha value is -3.06. The zero-order valence-corrected chi connectivity index (χ0v) is 18.0. The predicted molar refractivity (Wildman–Crippen MR) is 126 cm³/mol. The molecule has 1 aromatic heterocycles. The van der Waals surface area contributed by atoms with Crippen LogP contribution in [0.3, 0.4) is 0 Å². The lowest BCUT2D eigenvalue weighted by Gasteiger charge is -2.25. The number of aromatic nitrogens is 2. The van der Waals surface area contributed by atoms with E-state index in [0.29, 0.717) is 17.4 Å². The third kappa shape index (κ3) is 5.10. The van der Waals surface area contributed by atoms with Crippen LogP contribution in [0.1, 0.15) is 36.2 Å². The molecule has 0 spiro atoms. The standard InChI is InChI=1S/C23H33N7/c1-4-18(19(24)8-9-26-3)23-28-20-15-17(14-16(2)21(20)29-23)22(25)27-10-13-30-11-6-5-7-12-30/h4,8-9,14-15,26H,1,5-7,10-13,24H2,2-3H3,(H2,25,27)(H,28,29)/b9-8-,19-18-. The van der Waals surface area contributed by atoms with Gasteiger partial charge in [0.05, 0.1) is 17.6 Å². The first-order valence-electron chi connectivity index (χ1n) is 10.5. The summed E-state index contributed by atoms with van der Waals surface area (Å²) in [5.41, 5.74) is 17.5. The topological polar surface area (TPSA) is 108 Å². The maximum atomic E-state index is 6.30. The predicted octanol–water partition coefficient (Wildman–Crippen LogP) is 2.65. The number of imidazole rings is 1. The van der Waals surface area contributed by atoms with Gasteiger partial charge in [-0.1, -0.05) is 19.1 Å². The number of benzene rings is 1. The molecule has 7 nitrogen and oxygen atoms in total. The number of hydrogen-bond acceptors (Lipinski definition) is 5. The maximum absolute atomic E-state index is 6.30. The monoisotopic (exact) mass is 407 g/mol. The van der Waals surface area contributed by atoms with E-state index in [-0.39, 0.29) is 0 Å². The van der Waals surface area contributed by atoms with Crippen LogP contribution >= 0.6 is 0 Å². The zero-order valence-electron chi connectivity index (χ0n) is 18.0. The van der Waals surface area contributed by atoms with Crippen LogP contribution < -0.4 is 16.8 Å². The van der Waals surface area contributed by atoms with Crippen LogP contribution in [0.4, 0.5) is 0 Å². The quantitative estimate of drug-likeness (QED) is 0.306. The van der Waals surface area contributed by atoms with Gasteiger partial charge in [-0.25, -0.2) is 4.98 Å². The van der Waals surface area contributed by atoms with Crippen molar-refractivity contribution in [2.75, 3.05) is 33.2 Å². The Morgan fingerprint density at radius 1 is 1.30 bits per heavy atom. The van der Waals surface area contributed by atoms with Crippen molar-refractivity contribution in [3.8, 4) is 0 Å². The molecular formula is C23H33N7. The molecule has 6 N–H and O–H groups in total. The number of aryl methyl sites for hydroxylation is 1. The molecule has 1 aliphatic heterocycles. The molecule has 2 heterocycles. The maximum Gasteiger partial charge on any atom is 0.140 e. The van der Waals surface area contributed by atoms with Crippen LogP contribution in [0.15, 0.2) is 47.8 Å². The summed E-state index contributed by atoms with van der Waals surface area (Å²) in [6, 6.07) is 4.03.